The lowest BCUT2D eigenvalue weighted by atomic mass is 10.3. The predicted molar refractivity (Wildman–Crippen MR) is 101 cm³/mol. The Kier molecular flexibility index (Phi) is 5.88. The van der Waals surface area contributed by atoms with Crippen LogP contribution in [-0.4, -0.2) is 22.7 Å². The minimum absolute atomic E-state index is 0.00423. The molecule has 0 bridgehead atoms. The molecule has 0 radical (unpaired) electrons. The van der Waals surface area contributed by atoms with Crippen LogP contribution in [0.15, 0.2) is 71.9 Å². The van der Waals surface area contributed by atoms with Gasteiger partial charge in [0.25, 0.3) is 0 Å². The highest BCUT2D eigenvalue weighted by Gasteiger charge is 2.28. The van der Waals surface area contributed by atoms with Crippen LogP contribution in [0.2, 0.25) is 10.0 Å². The maximum Gasteiger partial charge on any atom is 0.245 e. The molecule has 5 nitrogen and oxygen atoms in total. The first-order valence-corrected chi connectivity index (χ1v) is 9.91. The number of aromatic nitrogens is 2. The Bertz CT molecular complexity index is 942. The van der Waals surface area contributed by atoms with Crippen molar-refractivity contribution in [3.8, 4) is 0 Å². The zero-order valence-corrected chi connectivity index (χ0v) is 15.9. The average Bonchev–Trinajstić information content (AvgIpc) is 2.62. The van der Waals surface area contributed by atoms with E-state index in [0.29, 0.717) is 16.4 Å². The van der Waals surface area contributed by atoms with E-state index in [1.165, 1.54) is 22.5 Å². The van der Waals surface area contributed by atoms with Crippen molar-refractivity contribution in [1.29, 1.82) is 0 Å². The lowest BCUT2D eigenvalue weighted by Gasteiger charge is -2.22. The molecule has 3 rings (SSSR count). The summed E-state index contributed by atoms with van der Waals surface area (Å²) in [6.07, 6.45) is 3.24. The number of halogens is 2. The molecule has 0 N–H and O–H groups in total. The number of rotatable bonds is 6. The van der Waals surface area contributed by atoms with Crippen LogP contribution in [0.4, 0.5) is 0 Å². The molecule has 0 aliphatic rings. The van der Waals surface area contributed by atoms with Gasteiger partial charge in [-0.15, -0.1) is 0 Å². The van der Waals surface area contributed by atoms with E-state index in [1.54, 1.807) is 36.7 Å². The van der Waals surface area contributed by atoms with Gasteiger partial charge < -0.3 is 0 Å². The molecule has 0 amide bonds. The molecule has 134 valence electrons. The first kappa shape index (κ1) is 18.8. The maximum absolute atomic E-state index is 13.2. The molecule has 0 saturated heterocycles. The third-order valence-corrected chi connectivity index (χ3v) is 6.15. The third kappa shape index (κ3) is 4.40. The van der Waals surface area contributed by atoms with E-state index < -0.39 is 10.0 Å². The van der Waals surface area contributed by atoms with Crippen LogP contribution in [0.5, 0.6) is 0 Å². The third-order valence-electron chi connectivity index (χ3n) is 3.64. The molecule has 2 aromatic heterocycles. The van der Waals surface area contributed by atoms with Gasteiger partial charge in [0.1, 0.15) is 4.90 Å². The van der Waals surface area contributed by atoms with Crippen molar-refractivity contribution < 1.29 is 8.42 Å². The molecule has 3 aromatic rings. The Morgan fingerprint density at radius 2 is 1.42 bits per heavy atom. The fourth-order valence-electron chi connectivity index (χ4n) is 2.39. The van der Waals surface area contributed by atoms with Crippen molar-refractivity contribution in [3.63, 3.8) is 0 Å². The molecular weight excluding hydrogens is 393 g/mol. The molecular formula is C18H15Cl2N3O2S. The number of nitrogens with zero attached hydrogens (tertiary/aromatic N) is 3. The van der Waals surface area contributed by atoms with Gasteiger partial charge in [0.05, 0.1) is 29.5 Å². The fraction of sp³-hybridized carbons (Fsp3) is 0.111. The highest BCUT2D eigenvalue weighted by Crippen LogP contribution is 2.29. The zero-order chi connectivity index (χ0) is 18.6. The van der Waals surface area contributed by atoms with Gasteiger partial charge in [0, 0.05) is 17.4 Å². The quantitative estimate of drug-likeness (QED) is 0.614. The Balaban J connectivity index is 2.00. The highest BCUT2D eigenvalue weighted by molar-refractivity contribution is 7.89. The summed E-state index contributed by atoms with van der Waals surface area (Å²) in [5.74, 6) is 0. The molecule has 0 fully saturated rings. The number of benzene rings is 1. The lowest BCUT2D eigenvalue weighted by Crippen LogP contribution is -2.31. The summed E-state index contributed by atoms with van der Waals surface area (Å²) < 4.78 is 27.7. The maximum atomic E-state index is 13.2. The molecule has 1 aromatic carbocycles. The summed E-state index contributed by atoms with van der Waals surface area (Å²) in [5.41, 5.74) is 1.24. The van der Waals surface area contributed by atoms with E-state index in [0.717, 1.165) is 0 Å². The molecule has 2 heterocycles. The molecule has 0 aliphatic heterocycles. The van der Waals surface area contributed by atoms with E-state index in [1.807, 2.05) is 12.1 Å². The first-order valence-electron chi connectivity index (χ1n) is 7.72. The number of sulfonamides is 1. The molecule has 8 heteroatoms. The Hall–Kier alpha value is -1.99. The summed E-state index contributed by atoms with van der Waals surface area (Å²) in [6, 6.07) is 15.0. The van der Waals surface area contributed by atoms with Gasteiger partial charge in [-0.1, -0.05) is 35.3 Å². The largest absolute Gasteiger partial charge is 0.260 e. The van der Waals surface area contributed by atoms with Gasteiger partial charge in [-0.2, -0.15) is 4.31 Å². The van der Waals surface area contributed by atoms with E-state index in [4.69, 9.17) is 23.2 Å². The van der Waals surface area contributed by atoms with E-state index in [2.05, 4.69) is 9.97 Å². The molecule has 26 heavy (non-hydrogen) atoms. The molecule has 0 aliphatic carbocycles. The topological polar surface area (TPSA) is 63.2 Å². The zero-order valence-electron chi connectivity index (χ0n) is 13.6. The summed E-state index contributed by atoms with van der Waals surface area (Å²) in [7, 11) is -3.88. The lowest BCUT2D eigenvalue weighted by molar-refractivity contribution is 0.393. The van der Waals surface area contributed by atoms with Crippen LogP contribution in [-0.2, 0) is 23.1 Å². The van der Waals surface area contributed by atoms with Crippen LogP contribution in [0.3, 0.4) is 0 Å². The fourth-order valence-corrected chi connectivity index (χ4v) is 4.52. The van der Waals surface area contributed by atoms with Crippen LogP contribution in [0.1, 0.15) is 11.4 Å². The Morgan fingerprint density at radius 1 is 0.846 bits per heavy atom. The van der Waals surface area contributed by atoms with Crippen molar-refractivity contribution in [2.24, 2.45) is 0 Å². The van der Waals surface area contributed by atoms with Gasteiger partial charge in [-0.25, -0.2) is 8.42 Å². The van der Waals surface area contributed by atoms with E-state index in [-0.39, 0.29) is 23.0 Å². The van der Waals surface area contributed by atoms with Gasteiger partial charge in [0.15, 0.2) is 0 Å². The summed E-state index contributed by atoms with van der Waals surface area (Å²) in [6.45, 7) is 0.192. The predicted octanol–water partition coefficient (Wildman–Crippen LogP) is 4.17. The average molecular weight is 408 g/mol. The van der Waals surface area contributed by atoms with Crippen LogP contribution < -0.4 is 0 Å². The normalized spacial score (nSPS) is 11.7. The monoisotopic (exact) mass is 407 g/mol. The Morgan fingerprint density at radius 3 is 1.88 bits per heavy atom. The van der Waals surface area contributed by atoms with Gasteiger partial charge in [-0.05, 0) is 42.5 Å². The standard InChI is InChI=1S/C18H15Cl2N3O2S/c19-14-7-8-18(17(20)11-14)26(24,25)23(12-15-5-1-3-9-21-15)13-16-6-2-4-10-22-16/h1-11H,12-13H2. The van der Waals surface area contributed by atoms with Crippen LogP contribution in [0.25, 0.3) is 0 Å². The van der Waals surface area contributed by atoms with Gasteiger partial charge in [-0.3, -0.25) is 9.97 Å². The summed E-state index contributed by atoms with van der Waals surface area (Å²) in [5, 5.41) is 0.444. The van der Waals surface area contributed by atoms with Crippen molar-refractivity contribution in [2.45, 2.75) is 18.0 Å². The second-order valence-electron chi connectivity index (χ2n) is 5.49. The van der Waals surface area contributed by atoms with Crippen LogP contribution in [0, 0.1) is 0 Å². The number of hydrogen-bond acceptors (Lipinski definition) is 4. The van der Waals surface area contributed by atoms with Crippen molar-refractivity contribution in [3.05, 3.63) is 88.4 Å². The van der Waals surface area contributed by atoms with Crippen LogP contribution >= 0.6 is 23.2 Å². The van der Waals surface area contributed by atoms with E-state index >= 15 is 0 Å². The second kappa shape index (κ2) is 8.14. The number of pyridine rings is 2. The van der Waals surface area contributed by atoms with Crippen molar-refractivity contribution >= 4 is 33.2 Å². The Labute approximate surface area is 162 Å². The number of hydrogen-bond donors (Lipinski definition) is 0. The molecule has 0 saturated carbocycles. The summed E-state index contributed by atoms with van der Waals surface area (Å²) >= 11 is 12.0. The van der Waals surface area contributed by atoms with Gasteiger partial charge in [0.2, 0.25) is 10.0 Å². The first-order chi connectivity index (χ1) is 12.5. The molecule has 0 spiro atoms. The van der Waals surface area contributed by atoms with Crippen molar-refractivity contribution in [1.82, 2.24) is 14.3 Å². The van der Waals surface area contributed by atoms with Gasteiger partial charge >= 0.3 is 0 Å². The minimum Gasteiger partial charge on any atom is -0.260 e. The smallest absolute Gasteiger partial charge is 0.245 e. The molecule has 0 unspecified atom stereocenters. The van der Waals surface area contributed by atoms with E-state index in [9.17, 15) is 8.42 Å². The van der Waals surface area contributed by atoms with Crippen molar-refractivity contribution in [2.75, 3.05) is 0 Å². The minimum atomic E-state index is -3.88. The molecule has 0 atom stereocenters. The summed E-state index contributed by atoms with van der Waals surface area (Å²) in [4.78, 5) is 8.44. The highest BCUT2D eigenvalue weighted by atomic mass is 35.5. The second-order valence-corrected chi connectivity index (χ2v) is 8.24. The SMILES string of the molecule is O=S(=O)(c1ccc(Cl)cc1Cl)N(Cc1ccccn1)Cc1ccccn1.